The van der Waals surface area contributed by atoms with Crippen molar-refractivity contribution in [3.63, 3.8) is 0 Å². The molecule has 4 aliphatic carbocycles. The fraction of sp³-hybridized carbons (Fsp3) is 1.00. The standard InChI is InChI=1S/C12H20O2/c1-14-7-12(13)10-3-8-2-9(5-10)6-11(12)4-8/h8-11,13H,2-7H2,1H3. The van der Waals surface area contributed by atoms with E-state index in [0.717, 1.165) is 11.8 Å². The average Bonchev–Trinajstić information content (AvgIpc) is 2.14. The molecule has 0 aliphatic heterocycles. The van der Waals surface area contributed by atoms with E-state index in [9.17, 15) is 5.11 Å². The molecule has 4 bridgehead atoms. The normalized spacial score (nSPS) is 55.3. The van der Waals surface area contributed by atoms with Gasteiger partial charge in [-0.15, -0.1) is 0 Å². The molecule has 0 radical (unpaired) electrons. The minimum absolute atomic E-state index is 0.470. The Bertz CT molecular complexity index is 208. The molecule has 4 aliphatic rings. The van der Waals surface area contributed by atoms with Crippen LogP contribution in [0.15, 0.2) is 0 Å². The maximum atomic E-state index is 10.7. The van der Waals surface area contributed by atoms with E-state index in [0.29, 0.717) is 18.4 Å². The van der Waals surface area contributed by atoms with Gasteiger partial charge in [0.05, 0.1) is 12.2 Å². The highest BCUT2D eigenvalue weighted by molar-refractivity contribution is 5.06. The van der Waals surface area contributed by atoms with Gasteiger partial charge in [-0.25, -0.2) is 0 Å². The van der Waals surface area contributed by atoms with Crippen molar-refractivity contribution >= 4 is 0 Å². The van der Waals surface area contributed by atoms with E-state index in [1.165, 1.54) is 32.1 Å². The highest BCUT2D eigenvalue weighted by Crippen LogP contribution is 2.58. The molecule has 0 aromatic heterocycles. The van der Waals surface area contributed by atoms with Crippen LogP contribution in [0.3, 0.4) is 0 Å². The molecule has 14 heavy (non-hydrogen) atoms. The summed E-state index contributed by atoms with van der Waals surface area (Å²) in [5.41, 5.74) is -0.470. The van der Waals surface area contributed by atoms with Gasteiger partial charge in [-0.05, 0) is 55.8 Å². The maximum Gasteiger partial charge on any atom is 0.0936 e. The Balaban J connectivity index is 1.87. The monoisotopic (exact) mass is 196 g/mol. The fourth-order valence-corrected chi connectivity index (χ4v) is 4.47. The second-order valence-corrected chi connectivity index (χ2v) is 5.73. The summed E-state index contributed by atoms with van der Waals surface area (Å²) in [6, 6.07) is 0. The Morgan fingerprint density at radius 1 is 1.07 bits per heavy atom. The highest BCUT2D eigenvalue weighted by Gasteiger charge is 2.56. The summed E-state index contributed by atoms with van der Waals surface area (Å²) in [6.07, 6.45) is 6.47. The lowest BCUT2D eigenvalue weighted by atomic mass is 9.50. The van der Waals surface area contributed by atoms with E-state index < -0.39 is 5.60 Å². The summed E-state index contributed by atoms with van der Waals surface area (Å²) in [5, 5.41) is 10.7. The van der Waals surface area contributed by atoms with Crippen LogP contribution in [0.5, 0.6) is 0 Å². The number of methoxy groups -OCH3 is 1. The van der Waals surface area contributed by atoms with Crippen LogP contribution in [0.2, 0.25) is 0 Å². The lowest BCUT2D eigenvalue weighted by Crippen LogP contribution is -2.59. The summed E-state index contributed by atoms with van der Waals surface area (Å²) >= 11 is 0. The van der Waals surface area contributed by atoms with Crippen LogP contribution in [-0.4, -0.2) is 24.4 Å². The van der Waals surface area contributed by atoms with Gasteiger partial charge in [-0.1, -0.05) is 0 Å². The van der Waals surface area contributed by atoms with Crippen LogP contribution in [0.4, 0.5) is 0 Å². The van der Waals surface area contributed by atoms with Gasteiger partial charge in [0.2, 0.25) is 0 Å². The number of rotatable bonds is 2. The van der Waals surface area contributed by atoms with Crippen molar-refractivity contribution in [2.45, 2.75) is 37.7 Å². The van der Waals surface area contributed by atoms with Gasteiger partial charge < -0.3 is 9.84 Å². The van der Waals surface area contributed by atoms with Gasteiger partial charge >= 0.3 is 0 Å². The molecule has 0 heterocycles. The van der Waals surface area contributed by atoms with Gasteiger partial charge in [-0.2, -0.15) is 0 Å². The van der Waals surface area contributed by atoms with Crippen molar-refractivity contribution < 1.29 is 9.84 Å². The van der Waals surface area contributed by atoms with E-state index >= 15 is 0 Å². The quantitative estimate of drug-likeness (QED) is 0.730. The molecule has 2 heteroatoms. The first-order valence-corrected chi connectivity index (χ1v) is 5.93. The van der Waals surface area contributed by atoms with E-state index in [4.69, 9.17) is 4.74 Å². The van der Waals surface area contributed by atoms with Crippen molar-refractivity contribution in [1.29, 1.82) is 0 Å². The number of aliphatic hydroxyl groups is 1. The number of ether oxygens (including phenoxy) is 1. The molecule has 0 saturated heterocycles. The van der Waals surface area contributed by atoms with E-state index in [1.54, 1.807) is 7.11 Å². The molecule has 0 amide bonds. The lowest BCUT2D eigenvalue weighted by molar-refractivity contribution is -0.195. The predicted molar refractivity (Wildman–Crippen MR) is 53.9 cm³/mol. The Kier molecular flexibility index (Phi) is 1.94. The Labute approximate surface area is 85.6 Å². The molecule has 80 valence electrons. The van der Waals surface area contributed by atoms with Crippen molar-refractivity contribution in [3.05, 3.63) is 0 Å². The first-order chi connectivity index (χ1) is 6.72. The number of hydrogen-bond donors (Lipinski definition) is 1. The molecule has 0 spiro atoms. The van der Waals surface area contributed by atoms with Gasteiger partial charge in [0.25, 0.3) is 0 Å². The molecule has 0 atom stereocenters. The van der Waals surface area contributed by atoms with Crippen LogP contribution in [0.25, 0.3) is 0 Å². The Morgan fingerprint density at radius 2 is 1.57 bits per heavy atom. The summed E-state index contributed by atoms with van der Waals surface area (Å²) < 4.78 is 5.22. The van der Waals surface area contributed by atoms with E-state index in [-0.39, 0.29) is 0 Å². The molecule has 0 aromatic rings. The molecular formula is C12H20O2. The van der Waals surface area contributed by atoms with Crippen LogP contribution < -0.4 is 0 Å². The molecule has 0 aromatic carbocycles. The van der Waals surface area contributed by atoms with Gasteiger partial charge in [-0.3, -0.25) is 0 Å². The van der Waals surface area contributed by atoms with Crippen molar-refractivity contribution in [3.8, 4) is 0 Å². The molecule has 4 saturated carbocycles. The summed E-state index contributed by atoms with van der Waals surface area (Å²) in [4.78, 5) is 0. The summed E-state index contributed by atoms with van der Waals surface area (Å²) in [6.45, 7) is 0.557. The Hall–Kier alpha value is -0.0800. The average molecular weight is 196 g/mol. The minimum atomic E-state index is -0.470. The van der Waals surface area contributed by atoms with Gasteiger partial charge in [0.15, 0.2) is 0 Å². The predicted octanol–water partition coefficient (Wildman–Crippen LogP) is 1.82. The van der Waals surface area contributed by atoms with Gasteiger partial charge in [0, 0.05) is 7.11 Å². The second kappa shape index (κ2) is 2.96. The van der Waals surface area contributed by atoms with Crippen molar-refractivity contribution in [2.24, 2.45) is 23.7 Å². The zero-order valence-electron chi connectivity index (χ0n) is 8.91. The third-order valence-corrected chi connectivity index (χ3v) is 4.93. The third-order valence-electron chi connectivity index (χ3n) is 4.93. The smallest absolute Gasteiger partial charge is 0.0936 e. The van der Waals surface area contributed by atoms with Crippen LogP contribution in [0, 0.1) is 23.7 Å². The zero-order chi connectivity index (χ0) is 9.76. The van der Waals surface area contributed by atoms with Crippen LogP contribution in [-0.2, 0) is 4.74 Å². The SMILES string of the molecule is COCC1(O)C2CC3CC(C2)CC1C3. The first-order valence-electron chi connectivity index (χ1n) is 5.93. The molecule has 4 rings (SSSR count). The van der Waals surface area contributed by atoms with Gasteiger partial charge in [0.1, 0.15) is 0 Å². The zero-order valence-corrected chi connectivity index (χ0v) is 8.91. The molecule has 4 fully saturated rings. The molecular weight excluding hydrogens is 176 g/mol. The Morgan fingerprint density at radius 3 is 2.00 bits per heavy atom. The maximum absolute atomic E-state index is 10.7. The second-order valence-electron chi connectivity index (χ2n) is 5.73. The van der Waals surface area contributed by atoms with Crippen molar-refractivity contribution in [2.75, 3.05) is 13.7 Å². The largest absolute Gasteiger partial charge is 0.387 e. The minimum Gasteiger partial charge on any atom is -0.387 e. The summed E-state index contributed by atoms with van der Waals surface area (Å²) in [5.74, 6) is 2.93. The molecule has 1 N–H and O–H groups in total. The molecule has 2 nitrogen and oxygen atoms in total. The van der Waals surface area contributed by atoms with E-state index in [1.807, 2.05) is 0 Å². The number of hydrogen-bond acceptors (Lipinski definition) is 2. The lowest BCUT2D eigenvalue weighted by Gasteiger charge is -2.58. The fourth-order valence-electron chi connectivity index (χ4n) is 4.47. The van der Waals surface area contributed by atoms with Crippen LogP contribution >= 0.6 is 0 Å². The third kappa shape index (κ3) is 1.10. The molecule has 0 unspecified atom stereocenters. The van der Waals surface area contributed by atoms with E-state index in [2.05, 4.69) is 0 Å². The highest BCUT2D eigenvalue weighted by atomic mass is 16.5. The summed E-state index contributed by atoms with van der Waals surface area (Å²) in [7, 11) is 1.71. The topological polar surface area (TPSA) is 29.5 Å². The first kappa shape index (κ1) is 9.17. The van der Waals surface area contributed by atoms with Crippen LogP contribution in [0.1, 0.15) is 32.1 Å². The van der Waals surface area contributed by atoms with Crippen molar-refractivity contribution in [1.82, 2.24) is 0 Å².